The minimum atomic E-state index is -0.890. The van der Waals surface area contributed by atoms with Crippen LogP contribution in [0.15, 0.2) is 92.2 Å². The van der Waals surface area contributed by atoms with Crippen molar-refractivity contribution in [1.29, 1.82) is 0 Å². The highest BCUT2D eigenvalue weighted by Crippen LogP contribution is 2.40. The Hall–Kier alpha value is -5.52. The SMILES string of the molecule is CC(=O)OC(C)=O.CC(=O)Oc1c(C)c(C)c(OC(C)=O)c(CC[C@](C)(O)CC/C=C(\C)CC/C=C(\C)CCC=C(C)C)c1C.CC(C)=CCC/C(C)=C/CC/C(C)=C/CC[C@@](C)(O)CCC1=C(C)C(=O)C(C)=C(C)C1=O. The molecule has 1 aliphatic carbocycles. The van der Waals surface area contributed by atoms with Crippen molar-refractivity contribution in [1.82, 2.24) is 0 Å². The van der Waals surface area contributed by atoms with Crippen molar-refractivity contribution in [2.75, 3.05) is 0 Å². The zero-order chi connectivity index (χ0) is 59.4. The predicted octanol–water partition coefficient (Wildman–Crippen LogP) is 16.0. The van der Waals surface area contributed by atoms with Crippen LogP contribution in [0.5, 0.6) is 11.5 Å². The summed E-state index contributed by atoms with van der Waals surface area (Å²) < 4.78 is 15.1. The summed E-state index contributed by atoms with van der Waals surface area (Å²) in [5.41, 5.74) is 11.8. The van der Waals surface area contributed by atoms with E-state index in [1.807, 2.05) is 34.6 Å². The van der Waals surface area contributed by atoms with Gasteiger partial charge in [-0.05, 0) is 230 Å². The molecule has 1 aromatic rings. The van der Waals surface area contributed by atoms with Gasteiger partial charge in [0.1, 0.15) is 11.5 Å². The third-order valence-electron chi connectivity index (χ3n) is 13.8. The van der Waals surface area contributed by atoms with Crippen LogP contribution in [0.3, 0.4) is 0 Å². The maximum absolute atomic E-state index is 12.6. The number of esters is 4. The van der Waals surface area contributed by atoms with Gasteiger partial charge >= 0.3 is 23.9 Å². The Labute approximate surface area is 465 Å². The molecule has 1 aliphatic rings. The van der Waals surface area contributed by atoms with Gasteiger partial charge in [-0.25, -0.2) is 0 Å². The first kappa shape index (κ1) is 71.5. The van der Waals surface area contributed by atoms with Crippen molar-refractivity contribution in [3.8, 4) is 11.5 Å². The second kappa shape index (κ2) is 35.8. The summed E-state index contributed by atoms with van der Waals surface area (Å²) in [6, 6.07) is 0. The van der Waals surface area contributed by atoms with Crippen molar-refractivity contribution < 1.29 is 53.2 Å². The number of hydrogen-bond donors (Lipinski definition) is 2. The Morgan fingerprint density at radius 1 is 0.416 bits per heavy atom. The fraction of sp³-hybridized carbons (Fsp3) is 0.576. The maximum atomic E-state index is 12.6. The smallest absolute Gasteiger partial charge is 0.310 e. The van der Waals surface area contributed by atoms with Crippen LogP contribution in [0.4, 0.5) is 0 Å². The molecule has 0 aliphatic heterocycles. The Bertz CT molecular complexity index is 2450. The molecule has 0 radical (unpaired) electrons. The molecule has 0 saturated carbocycles. The van der Waals surface area contributed by atoms with Gasteiger partial charge in [0.05, 0.1) is 11.2 Å². The lowest BCUT2D eigenvalue weighted by Crippen LogP contribution is -2.26. The van der Waals surface area contributed by atoms with E-state index >= 15 is 0 Å². The van der Waals surface area contributed by atoms with Crippen LogP contribution < -0.4 is 9.47 Å². The zero-order valence-corrected chi connectivity index (χ0v) is 51.3. The Balaban J connectivity index is 0.00000135. The Morgan fingerprint density at radius 3 is 1.12 bits per heavy atom. The Morgan fingerprint density at radius 2 is 0.753 bits per heavy atom. The summed E-state index contributed by atoms with van der Waals surface area (Å²) in [6.45, 7) is 36.8. The van der Waals surface area contributed by atoms with Crippen molar-refractivity contribution in [3.63, 3.8) is 0 Å². The van der Waals surface area contributed by atoms with Gasteiger partial charge in [-0.1, -0.05) is 69.9 Å². The van der Waals surface area contributed by atoms with Crippen molar-refractivity contribution in [2.45, 2.75) is 252 Å². The molecule has 0 aromatic heterocycles. The average molecular weight is 1070 g/mol. The van der Waals surface area contributed by atoms with E-state index in [9.17, 15) is 39.0 Å². The molecular formula is C66H100O11. The van der Waals surface area contributed by atoms with Gasteiger partial charge in [0, 0.05) is 55.6 Å². The second-order valence-corrected chi connectivity index (χ2v) is 22.3. The first-order chi connectivity index (χ1) is 35.6. The minimum absolute atomic E-state index is 0.0449. The molecule has 0 fully saturated rings. The maximum Gasteiger partial charge on any atom is 0.310 e. The van der Waals surface area contributed by atoms with Crippen LogP contribution in [0.1, 0.15) is 236 Å². The number of carbonyl (C=O) groups excluding carboxylic acids is 6. The monoisotopic (exact) mass is 1070 g/mol. The summed E-state index contributed by atoms with van der Waals surface area (Å²) in [5, 5.41) is 21.9. The molecule has 11 heteroatoms. The van der Waals surface area contributed by atoms with Crippen LogP contribution >= 0.6 is 0 Å². The highest BCUT2D eigenvalue weighted by atomic mass is 16.6. The lowest BCUT2D eigenvalue weighted by atomic mass is 9.82. The standard InChI is InChI=1S/C33H50O5.C29H44O3.C4H6O3/c1-22(2)14-11-15-23(3)16-12-17-24(4)18-13-20-33(10,36)21-19-30-27(7)31(37-28(8)34)25(5)26(6)32(30)38-29(9)35;1-20(2)12-9-13-21(3)14-10-15-22(4)16-11-18-29(8,32)19-17-26-25(7)27(30)23(5)24(6)28(26)31;1-3(5)7-4(2)6/h14,16,18,36H,11-13,15,17,19-21H2,1-10H3;12,14,16,32H,9-11,13,15,17-19H2,1-8H3;1-2H3/b23-16+,24-18+;21-14+,22-16+;/t33-;29-;/m11./s1. The van der Waals surface area contributed by atoms with E-state index in [0.717, 1.165) is 86.5 Å². The van der Waals surface area contributed by atoms with Crippen LogP contribution in [0, 0.1) is 20.8 Å². The molecule has 2 rings (SSSR count). The number of ketones is 2. The van der Waals surface area contributed by atoms with Crippen LogP contribution in [-0.4, -0.2) is 56.9 Å². The van der Waals surface area contributed by atoms with Crippen LogP contribution in [0.25, 0.3) is 0 Å². The number of aliphatic hydroxyl groups is 2. The van der Waals surface area contributed by atoms with E-state index in [-0.39, 0.29) is 11.6 Å². The molecule has 77 heavy (non-hydrogen) atoms. The lowest BCUT2D eigenvalue weighted by molar-refractivity contribution is -0.156. The number of Topliss-reactive ketones (excluding diaryl/α,β-unsaturated/α-hetero) is 2. The van der Waals surface area contributed by atoms with Gasteiger partial charge in [-0.3, -0.25) is 28.8 Å². The molecule has 0 unspecified atom stereocenters. The van der Waals surface area contributed by atoms with Gasteiger partial charge in [-0.15, -0.1) is 0 Å². The normalized spacial score (nSPS) is 14.8. The lowest BCUT2D eigenvalue weighted by Gasteiger charge is -2.25. The average Bonchev–Trinajstić information content (AvgIpc) is 3.30. The zero-order valence-electron chi connectivity index (χ0n) is 51.3. The minimum Gasteiger partial charge on any atom is -0.426 e. The highest BCUT2D eigenvalue weighted by molar-refractivity contribution is 6.24. The first-order valence-electron chi connectivity index (χ1n) is 27.6. The van der Waals surface area contributed by atoms with Crippen LogP contribution in [0.2, 0.25) is 0 Å². The molecule has 0 heterocycles. The molecule has 0 amide bonds. The van der Waals surface area contributed by atoms with Gasteiger partial charge in [0.2, 0.25) is 0 Å². The third kappa shape index (κ3) is 30.3. The highest BCUT2D eigenvalue weighted by Gasteiger charge is 2.30. The summed E-state index contributed by atoms with van der Waals surface area (Å²) >= 11 is 0. The van der Waals surface area contributed by atoms with Gasteiger partial charge in [-0.2, -0.15) is 0 Å². The van der Waals surface area contributed by atoms with E-state index < -0.39 is 35.1 Å². The number of carbonyl (C=O) groups is 6. The fourth-order valence-corrected chi connectivity index (χ4v) is 8.67. The molecule has 2 N–H and O–H groups in total. The molecule has 430 valence electrons. The van der Waals surface area contributed by atoms with Gasteiger partial charge < -0.3 is 24.4 Å². The Kier molecular flexibility index (Phi) is 33.2. The van der Waals surface area contributed by atoms with Gasteiger partial charge in [0.25, 0.3) is 0 Å². The second-order valence-electron chi connectivity index (χ2n) is 22.3. The largest absolute Gasteiger partial charge is 0.426 e. The third-order valence-corrected chi connectivity index (χ3v) is 13.8. The van der Waals surface area contributed by atoms with Crippen molar-refractivity contribution >= 4 is 35.4 Å². The topological polar surface area (TPSA) is 171 Å². The number of ether oxygens (including phenoxy) is 3. The molecule has 11 nitrogen and oxygen atoms in total. The van der Waals surface area contributed by atoms with E-state index in [1.54, 1.807) is 20.8 Å². The molecule has 0 bridgehead atoms. The van der Waals surface area contributed by atoms with E-state index in [2.05, 4.69) is 96.6 Å². The number of rotatable bonds is 26. The van der Waals surface area contributed by atoms with Crippen molar-refractivity contribution in [2.24, 2.45) is 0 Å². The fourth-order valence-electron chi connectivity index (χ4n) is 8.67. The first-order valence-corrected chi connectivity index (χ1v) is 27.6. The predicted molar refractivity (Wildman–Crippen MR) is 315 cm³/mol. The summed E-state index contributed by atoms with van der Waals surface area (Å²) in [4.78, 5) is 68.1. The molecular weight excluding hydrogens is 969 g/mol. The van der Waals surface area contributed by atoms with E-state index in [0.29, 0.717) is 72.3 Å². The molecule has 0 spiro atoms. The van der Waals surface area contributed by atoms with Crippen LogP contribution in [-0.2, 0) is 39.9 Å². The number of allylic oxidation sites excluding steroid dienone is 16. The number of benzene rings is 1. The molecule has 0 saturated heterocycles. The van der Waals surface area contributed by atoms with E-state index in [4.69, 9.17) is 9.47 Å². The molecule has 1 aromatic carbocycles. The number of hydrogen-bond acceptors (Lipinski definition) is 11. The van der Waals surface area contributed by atoms with Gasteiger partial charge in [0.15, 0.2) is 11.6 Å². The molecule has 2 atom stereocenters. The quantitative estimate of drug-likeness (QED) is 0.0297. The summed E-state index contributed by atoms with van der Waals surface area (Å²) in [6.07, 6.45) is 27.1. The van der Waals surface area contributed by atoms with Crippen molar-refractivity contribution in [3.05, 3.63) is 114 Å². The van der Waals surface area contributed by atoms with E-state index in [1.165, 1.54) is 61.1 Å². The summed E-state index contributed by atoms with van der Waals surface area (Å²) in [7, 11) is 0. The summed E-state index contributed by atoms with van der Waals surface area (Å²) in [5.74, 6) is -1.02.